The molecule has 0 aromatic carbocycles. The van der Waals surface area contributed by atoms with Crippen molar-refractivity contribution in [3.05, 3.63) is 0 Å². The summed E-state index contributed by atoms with van der Waals surface area (Å²) in [5.74, 6) is -1.39. The van der Waals surface area contributed by atoms with Gasteiger partial charge in [-0.15, -0.1) is 0 Å². The van der Waals surface area contributed by atoms with Gasteiger partial charge in [-0.2, -0.15) is 0 Å². The van der Waals surface area contributed by atoms with Crippen LogP contribution in [0.15, 0.2) is 0 Å². The summed E-state index contributed by atoms with van der Waals surface area (Å²) in [6, 6.07) is 0. The number of carboxylic acid groups (broad SMARTS) is 1. The van der Waals surface area contributed by atoms with Crippen LogP contribution in [-0.2, 0) is 14.3 Å². The van der Waals surface area contributed by atoms with Gasteiger partial charge in [0.25, 0.3) is 0 Å². The zero-order chi connectivity index (χ0) is 13.7. The predicted octanol–water partition coefficient (Wildman–Crippen LogP) is 1.44. The summed E-state index contributed by atoms with van der Waals surface area (Å²) < 4.78 is 4.84. The number of carbonyl (C=O) groups is 2. The molecule has 1 atom stereocenters. The highest BCUT2D eigenvalue weighted by Crippen LogP contribution is 2.37. The summed E-state index contributed by atoms with van der Waals surface area (Å²) in [7, 11) is 0. The van der Waals surface area contributed by atoms with Crippen molar-refractivity contribution in [1.29, 1.82) is 0 Å². The molecule has 0 fully saturated rings. The Kier molecular flexibility index (Phi) is 5.61. The molecule has 0 aromatic heterocycles. The Balaban J connectivity index is 4.72. The molecule has 17 heavy (non-hydrogen) atoms. The predicted molar refractivity (Wildman–Crippen MR) is 62.5 cm³/mol. The van der Waals surface area contributed by atoms with Crippen molar-refractivity contribution < 1.29 is 24.5 Å². The zero-order valence-corrected chi connectivity index (χ0v) is 10.9. The summed E-state index contributed by atoms with van der Waals surface area (Å²) in [5, 5.41) is 17.7. The second-order valence-corrected chi connectivity index (χ2v) is 5.14. The fourth-order valence-electron chi connectivity index (χ4n) is 1.73. The third-order valence-electron chi connectivity index (χ3n) is 3.01. The van der Waals surface area contributed by atoms with E-state index in [1.54, 1.807) is 27.7 Å². The molecule has 0 rings (SSSR count). The van der Waals surface area contributed by atoms with Gasteiger partial charge in [-0.3, -0.25) is 9.59 Å². The van der Waals surface area contributed by atoms with Crippen LogP contribution in [0.5, 0.6) is 0 Å². The molecule has 0 heterocycles. The highest BCUT2D eigenvalue weighted by molar-refractivity contribution is 5.79. The largest absolute Gasteiger partial charge is 0.481 e. The smallest absolute Gasteiger partial charge is 0.311 e. The van der Waals surface area contributed by atoms with Crippen molar-refractivity contribution in [3.63, 3.8) is 0 Å². The van der Waals surface area contributed by atoms with Gasteiger partial charge in [0.2, 0.25) is 0 Å². The molecular weight excluding hydrogens is 224 g/mol. The van der Waals surface area contributed by atoms with Gasteiger partial charge >= 0.3 is 11.9 Å². The third kappa shape index (κ3) is 4.34. The van der Waals surface area contributed by atoms with Crippen LogP contribution >= 0.6 is 0 Å². The molecule has 100 valence electrons. The van der Waals surface area contributed by atoms with Crippen molar-refractivity contribution in [3.8, 4) is 0 Å². The molecule has 5 nitrogen and oxygen atoms in total. The highest BCUT2D eigenvalue weighted by atomic mass is 16.5. The van der Waals surface area contributed by atoms with E-state index in [-0.39, 0.29) is 19.6 Å². The van der Waals surface area contributed by atoms with E-state index < -0.39 is 22.8 Å². The second kappa shape index (κ2) is 6.00. The minimum atomic E-state index is -0.943. The molecule has 0 aromatic rings. The van der Waals surface area contributed by atoms with Crippen LogP contribution in [0.2, 0.25) is 0 Å². The number of carbonyl (C=O) groups excluding carboxylic acids is 1. The van der Waals surface area contributed by atoms with Crippen molar-refractivity contribution >= 4 is 11.9 Å². The van der Waals surface area contributed by atoms with Crippen LogP contribution in [0.4, 0.5) is 0 Å². The number of aliphatic carboxylic acids is 1. The third-order valence-corrected chi connectivity index (χ3v) is 3.01. The van der Waals surface area contributed by atoms with Crippen molar-refractivity contribution in [2.75, 3.05) is 13.2 Å². The molecule has 0 spiro atoms. The van der Waals surface area contributed by atoms with Crippen molar-refractivity contribution in [2.45, 2.75) is 40.5 Å². The summed E-state index contributed by atoms with van der Waals surface area (Å²) in [6.07, 6.45) is 0.648. The van der Waals surface area contributed by atoms with Crippen LogP contribution in [-0.4, -0.2) is 35.4 Å². The molecule has 0 radical (unpaired) electrons. The average Bonchev–Trinajstić information content (AvgIpc) is 2.24. The number of ether oxygens (including phenoxy) is 1. The van der Waals surface area contributed by atoms with Crippen LogP contribution in [0.3, 0.4) is 0 Å². The molecule has 0 bridgehead atoms. The van der Waals surface area contributed by atoms with E-state index in [4.69, 9.17) is 14.9 Å². The normalized spacial score (nSPS) is 15.1. The van der Waals surface area contributed by atoms with Crippen LogP contribution < -0.4 is 0 Å². The number of hydrogen-bond acceptors (Lipinski definition) is 4. The Hall–Kier alpha value is -1.10. The monoisotopic (exact) mass is 246 g/mol. The lowest BCUT2D eigenvalue weighted by atomic mass is 9.72. The lowest BCUT2D eigenvalue weighted by Crippen LogP contribution is -2.37. The number of aliphatic hydroxyl groups excluding tert-OH is 1. The van der Waals surface area contributed by atoms with Gasteiger partial charge in [0, 0.05) is 0 Å². The Labute approximate surface area is 102 Å². The Morgan fingerprint density at radius 3 is 2.12 bits per heavy atom. The maximum Gasteiger partial charge on any atom is 0.311 e. The van der Waals surface area contributed by atoms with Crippen LogP contribution in [0.1, 0.15) is 40.5 Å². The molecular formula is C12H22O5. The Bertz CT molecular complexity index is 285. The van der Waals surface area contributed by atoms with Crippen LogP contribution in [0.25, 0.3) is 0 Å². The number of hydrogen-bond donors (Lipinski definition) is 2. The first-order valence-corrected chi connectivity index (χ1v) is 5.71. The molecule has 0 aliphatic carbocycles. The van der Waals surface area contributed by atoms with E-state index in [1.165, 1.54) is 0 Å². The van der Waals surface area contributed by atoms with Gasteiger partial charge in [0.15, 0.2) is 0 Å². The zero-order valence-electron chi connectivity index (χ0n) is 10.9. The lowest BCUT2D eigenvalue weighted by Gasteiger charge is -2.32. The second-order valence-electron chi connectivity index (χ2n) is 5.14. The van der Waals surface area contributed by atoms with Gasteiger partial charge in [0.1, 0.15) is 6.61 Å². The van der Waals surface area contributed by atoms with Crippen LogP contribution in [0, 0.1) is 10.8 Å². The SMILES string of the molecule is CCC(C)(CC(C)(C)C(=O)OCCO)C(=O)O. The minimum Gasteiger partial charge on any atom is -0.481 e. The molecule has 2 N–H and O–H groups in total. The van der Waals surface area contributed by atoms with E-state index >= 15 is 0 Å². The molecule has 0 saturated heterocycles. The highest BCUT2D eigenvalue weighted by Gasteiger charge is 2.41. The summed E-state index contributed by atoms with van der Waals surface area (Å²) in [5.41, 5.74) is -1.82. The molecule has 0 saturated carbocycles. The van der Waals surface area contributed by atoms with E-state index in [1.807, 2.05) is 0 Å². The van der Waals surface area contributed by atoms with Gasteiger partial charge in [0.05, 0.1) is 17.4 Å². The fourth-order valence-corrected chi connectivity index (χ4v) is 1.73. The average molecular weight is 246 g/mol. The summed E-state index contributed by atoms with van der Waals surface area (Å²) >= 11 is 0. The Morgan fingerprint density at radius 1 is 1.24 bits per heavy atom. The lowest BCUT2D eigenvalue weighted by molar-refractivity contribution is -0.160. The Morgan fingerprint density at radius 2 is 1.76 bits per heavy atom. The number of rotatable bonds is 7. The maximum atomic E-state index is 11.7. The molecule has 0 aliphatic rings. The number of carboxylic acids is 1. The summed E-state index contributed by atoms with van der Waals surface area (Å²) in [4.78, 5) is 22.9. The molecule has 0 aliphatic heterocycles. The number of aliphatic hydroxyl groups is 1. The minimum absolute atomic E-state index is 0.0574. The van der Waals surface area contributed by atoms with Gasteiger partial charge < -0.3 is 14.9 Å². The fraction of sp³-hybridized carbons (Fsp3) is 0.833. The van der Waals surface area contributed by atoms with Gasteiger partial charge in [-0.25, -0.2) is 0 Å². The molecule has 0 amide bonds. The van der Waals surface area contributed by atoms with E-state index in [0.717, 1.165) is 0 Å². The first kappa shape index (κ1) is 15.9. The van der Waals surface area contributed by atoms with Gasteiger partial charge in [-0.05, 0) is 33.6 Å². The van der Waals surface area contributed by atoms with E-state index in [9.17, 15) is 9.59 Å². The van der Waals surface area contributed by atoms with Crippen molar-refractivity contribution in [1.82, 2.24) is 0 Å². The van der Waals surface area contributed by atoms with Crippen molar-refractivity contribution in [2.24, 2.45) is 10.8 Å². The van der Waals surface area contributed by atoms with E-state index in [2.05, 4.69) is 0 Å². The van der Waals surface area contributed by atoms with E-state index in [0.29, 0.717) is 6.42 Å². The topological polar surface area (TPSA) is 83.8 Å². The van der Waals surface area contributed by atoms with Gasteiger partial charge in [-0.1, -0.05) is 6.92 Å². The maximum absolute atomic E-state index is 11.7. The quantitative estimate of drug-likeness (QED) is 0.664. The first-order chi connectivity index (χ1) is 7.69. The standard InChI is InChI=1S/C12H22O5/c1-5-12(4,9(14)15)8-11(2,3)10(16)17-7-6-13/h13H,5-8H2,1-4H3,(H,14,15). The summed E-state index contributed by atoms with van der Waals surface area (Å²) in [6.45, 7) is 6.43. The number of esters is 1. The molecule has 5 heteroatoms. The molecule has 1 unspecified atom stereocenters. The first-order valence-electron chi connectivity index (χ1n) is 5.71.